The highest BCUT2D eigenvalue weighted by atomic mass is 32.2. The van der Waals surface area contributed by atoms with Crippen LogP contribution in [0.2, 0.25) is 0 Å². The highest BCUT2D eigenvalue weighted by molar-refractivity contribution is 7.88. The fourth-order valence-electron chi connectivity index (χ4n) is 2.46. The largest absolute Gasteiger partial charge is 0.357 e. The van der Waals surface area contributed by atoms with Crippen LogP contribution in [0.5, 0.6) is 0 Å². The Morgan fingerprint density at radius 2 is 1.86 bits per heavy atom. The third kappa shape index (κ3) is 7.57. The lowest BCUT2D eigenvalue weighted by atomic mass is 10.1. The normalized spacial score (nSPS) is 12.2. The minimum atomic E-state index is -3.25. The van der Waals surface area contributed by atoms with Crippen LogP contribution < -0.4 is 15.4 Å². The van der Waals surface area contributed by atoms with Crippen LogP contribution in [0.4, 0.5) is 0 Å². The first-order valence-electron chi connectivity index (χ1n) is 9.40. The molecule has 3 N–H and O–H groups in total. The molecule has 0 radical (unpaired) electrons. The Morgan fingerprint density at radius 1 is 1.14 bits per heavy atom. The number of thiazole rings is 1. The predicted molar refractivity (Wildman–Crippen MR) is 116 cm³/mol. The highest BCUT2D eigenvalue weighted by Crippen LogP contribution is 2.13. The molecule has 0 aliphatic carbocycles. The van der Waals surface area contributed by atoms with Crippen molar-refractivity contribution in [1.29, 1.82) is 0 Å². The molecule has 0 amide bonds. The molecule has 1 aromatic heterocycles. The third-order valence-electron chi connectivity index (χ3n) is 4.04. The number of sulfonamides is 1. The van der Waals surface area contributed by atoms with E-state index in [0.29, 0.717) is 6.54 Å². The van der Waals surface area contributed by atoms with Gasteiger partial charge in [-0.2, -0.15) is 0 Å². The van der Waals surface area contributed by atoms with E-state index in [2.05, 4.69) is 32.3 Å². The molecule has 9 heteroatoms. The summed E-state index contributed by atoms with van der Waals surface area (Å²) in [5.41, 5.74) is 1.78. The average Bonchev–Trinajstić information content (AvgIpc) is 3.15. The Morgan fingerprint density at radius 3 is 2.46 bits per heavy atom. The molecular weight excluding hydrogens is 394 g/mol. The Bertz CT molecular complexity index is 861. The molecule has 154 valence electrons. The van der Waals surface area contributed by atoms with Crippen molar-refractivity contribution >= 4 is 27.3 Å². The summed E-state index contributed by atoms with van der Waals surface area (Å²) in [6.07, 6.45) is 3.84. The van der Waals surface area contributed by atoms with Gasteiger partial charge in [-0.1, -0.05) is 31.2 Å². The molecule has 0 bridgehead atoms. The maximum atomic E-state index is 11.6. The van der Waals surface area contributed by atoms with Crippen molar-refractivity contribution in [1.82, 2.24) is 20.3 Å². The van der Waals surface area contributed by atoms with Crippen molar-refractivity contribution in [2.75, 3.05) is 20.1 Å². The number of aromatic nitrogens is 1. The zero-order chi connectivity index (χ0) is 20.4. The van der Waals surface area contributed by atoms with E-state index in [1.807, 2.05) is 37.4 Å². The van der Waals surface area contributed by atoms with Crippen LogP contribution in [-0.2, 0) is 35.2 Å². The lowest BCUT2D eigenvalue weighted by Crippen LogP contribution is -2.38. The maximum Gasteiger partial charge on any atom is 0.215 e. The molecule has 2 rings (SSSR count). The zero-order valence-electron chi connectivity index (χ0n) is 16.7. The molecule has 0 saturated carbocycles. The van der Waals surface area contributed by atoms with Crippen molar-refractivity contribution in [3.05, 3.63) is 51.5 Å². The van der Waals surface area contributed by atoms with Crippen molar-refractivity contribution < 1.29 is 8.42 Å². The van der Waals surface area contributed by atoms with Gasteiger partial charge in [-0.3, -0.25) is 0 Å². The first-order chi connectivity index (χ1) is 13.5. The number of hydrogen-bond donors (Lipinski definition) is 3. The quantitative estimate of drug-likeness (QED) is 0.402. The second-order valence-corrected chi connectivity index (χ2v) is 9.35. The molecule has 0 atom stereocenters. The summed E-state index contributed by atoms with van der Waals surface area (Å²) in [6.45, 7) is 6.24. The van der Waals surface area contributed by atoms with Crippen LogP contribution in [0.1, 0.15) is 34.9 Å². The molecule has 28 heavy (non-hydrogen) atoms. The van der Waals surface area contributed by atoms with Gasteiger partial charge < -0.3 is 10.6 Å². The number of benzene rings is 1. The second-order valence-electron chi connectivity index (χ2n) is 6.23. The smallest absolute Gasteiger partial charge is 0.215 e. The van der Waals surface area contributed by atoms with E-state index in [4.69, 9.17) is 0 Å². The molecule has 1 aromatic carbocycles. The van der Waals surface area contributed by atoms with E-state index in [9.17, 15) is 8.42 Å². The van der Waals surface area contributed by atoms with Crippen LogP contribution in [0.25, 0.3) is 0 Å². The second kappa shape index (κ2) is 11.1. The van der Waals surface area contributed by atoms with E-state index in [1.54, 1.807) is 11.3 Å². The monoisotopic (exact) mass is 423 g/mol. The molecule has 0 aliphatic rings. The van der Waals surface area contributed by atoms with Crippen LogP contribution in [0, 0.1) is 0 Å². The molecule has 0 fully saturated rings. The zero-order valence-corrected chi connectivity index (χ0v) is 18.3. The number of rotatable bonds is 10. The van der Waals surface area contributed by atoms with Gasteiger partial charge in [-0.25, -0.2) is 23.1 Å². The van der Waals surface area contributed by atoms with Gasteiger partial charge in [0.2, 0.25) is 10.0 Å². The molecule has 0 saturated heterocycles. The Kier molecular flexibility index (Phi) is 8.88. The van der Waals surface area contributed by atoms with Crippen LogP contribution in [0.15, 0.2) is 35.5 Å². The van der Waals surface area contributed by atoms with Gasteiger partial charge in [0.05, 0.1) is 17.3 Å². The van der Waals surface area contributed by atoms with Crippen LogP contribution in [-0.4, -0.2) is 39.5 Å². The highest BCUT2D eigenvalue weighted by Gasteiger charge is 2.08. The summed E-state index contributed by atoms with van der Waals surface area (Å²) < 4.78 is 25.5. The van der Waals surface area contributed by atoms with Crippen molar-refractivity contribution in [3.8, 4) is 0 Å². The number of aliphatic imine (C=N–C) groups is 1. The molecular formula is C19H29N5O2S2. The SMILES string of the molecule is CCNC(=NCc1ccc(CS(=O)(=O)NC)cc1)NCCc1ncc(CC)s1. The van der Waals surface area contributed by atoms with Gasteiger partial charge in [-0.15, -0.1) is 11.3 Å². The van der Waals surface area contributed by atoms with E-state index >= 15 is 0 Å². The number of nitrogens with zero attached hydrogens (tertiary/aromatic N) is 2. The first-order valence-corrected chi connectivity index (χ1v) is 11.9. The fraction of sp³-hybridized carbons (Fsp3) is 0.474. The van der Waals surface area contributed by atoms with Gasteiger partial charge in [0.15, 0.2) is 5.96 Å². The summed E-state index contributed by atoms with van der Waals surface area (Å²) in [7, 11) is -1.83. The Labute approximate surface area is 171 Å². The van der Waals surface area contributed by atoms with Crippen LogP contribution in [0.3, 0.4) is 0 Å². The lowest BCUT2D eigenvalue weighted by molar-refractivity contribution is 0.587. The summed E-state index contributed by atoms with van der Waals surface area (Å²) in [5, 5.41) is 7.71. The van der Waals surface area contributed by atoms with Gasteiger partial charge >= 0.3 is 0 Å². The fourth-order valence-corrected chi connectivity index (χ4v) is 4.10. The first kappa shape index (κ1) is 22.3. The van der Waals surface area contributed by atoms with Gasteiger partial charge in [0.25, 0.3) is 0 Å². The summed E-state index contributed by atoms with van der Waals surface area (Å²) in [6, 6.07) is 7.48. The molecule has 2 aromatic rings. The van der Waals surface area contributed by atoms with E-state index in [1.165, 1.54) is 11.9 Å². The van der Waals surface area contributed by atoms with Crippen molar-refractivity contribution in [2.45, 2.75) is 39.0 Å². The summed E-state index contributed by atoms with van der Waals surface area (Å²) in [5.74, 6) is 0.741. The average molecular weight is 424 g/mol. The molecule has 7 nitrogen and oxygen atoms in total. The minimum Gasteiger partial charge on any atom is -0.357 e. The number of nitrogens with one attached hydrogen (secondary N) is 3. The molecule has 0 spiro atoms. The number of hydrogen-bond acceptors (Lipinski definition) is 5. The molecule has 1 heterocycles. The summed E-state index contributed by atoms with van der Waals surface area (Å²) >= 11 is 1.76. The van der Waals surface area contributed by atoms with E-state index in [0.717, 1.165) is 48.0 Å². The number of guanidine groups is 1. The van der Waals surface area contributed by atoms with E-state index in [-0.39, 0.29) is 5.75 Å². The van der Waals surface area contributed by atoms with Crippen molar-refractivity contribution in [2.24, 2.45) is 4.99 Å². The Hall–Kier alpha value is -1.97. The molecule has 0 unspecified atom stereocenters. The summed E-state index contributed by atoms with van der Waals surface area (Å²) in [4.78, 5) is 10.3. The standard InChI is InChI=1S/C19H29N5O2S2/c1-4-17-13-23-18(27-17)10-11-22-19(21-5-2)24-12-15-6-8-16(9-7-15)14-28(25,26)20-3/h6-9,13,20H,4-5,10-12,14H2,1-3H3,(H2,21,22,24). The van der Waals surface area contributed by atoms with Gasteiger partial charge in [0.1, 0.15) is 0 Å². The third-order valence-corrected chi connectivity index (χ3v) is 6.57. The van der Waals surface area contributed by atoms with E-state index < -0.39 is 10.0 Å². The topological polar surface area (TPSA) is 95.5 Å². The minimum absolute atomic E-state index is 0.0201. The van der Waals surface area contributed by atoms with Gasteiger partial charge in [-0.05, 0) is 31.5 Å². The Balaban J connectivity index is 1.88. The lowest BCUT2D eigenvalue weighted by Gasteiger charge is -2.11. The van der Waals surface area contributed by atoms with Crippen LogP contribution >= 0.6 is 11.3 Å². The maximum absolute atomic E-state index is 11.6. The molecule has 0 aliphatic heterocycles. The van der Waals surface area contributed by atoms with Crippen molar-refractivity contribution in [3.63, 3.8) is 0 Å². The number of aryl methyl sites for hydroxylation is 1. The predicted octanol–water partition coefficient (Wildman–Crippen LogP) is 2.05. The van der Waals surface area contributed by atoms with Gasteiger partial charge in [0, 0.05) is 30.6 Å².